The van der Waals surface area contributed by atoms with Crippen LogP contribution in [0.5, 0.6) is 0 Å². The molecule has 0 aliphatic carbocycles. The van der Waals surface area contributed by atoms with Crippen molar-refractivity contribution in [1.29, 1.82) is 0 Å². The maximum absolute atomic E-state index is 12.0. The molecule has 3 aromatic rings. The van der Waals surface area contributed by atoms with Crippen molar-refractivity contribution >= 4 is 23.8 Å². The zero-order valence-electron chi connectivity index (χ0n) is 16.5. The van der Waals surface area contributed by atoms with Gasteiger partial charge in [-0.15, -0.1) is 0 Å². The second kappa shape index (κ2) is 9.53. The second-order valence-electron chi connectivity index (χ2n) is 6.53. The van der Waals surface area contributed by atoms with E-state index in [-0.39, 0.29) is 5.69 Å². The molecular weight excluding hydrogens is 406 g/mol. The number of furan rings is 1. The molecule has 2 heterocycles. The summed E-state index contributed by atoms with van der Waals surface area (Å²) in [6, 6.07) is 9.99. The Bertz CT molecular complexity index is 1230. The van der Waals surface area contributed by atoms with E-state index in [4.69, 9.17) is 9.15 Å². The number of aromatic amines is 2. The fourth-order valence-electron chi connectivity index (χ4n) is 2.73. The molecule has 0 radical (unpaired) electrons. The molecule has 0 spiro atoms. The Kier molecular flexibility index (Phi) is 6.61. The van der Waals surface area contributed by atoms with Gasteiger partial charge in [-0.05, 0) is 42.8 Å². The fraction of sp³-hybridized carbons (Fsp3) is 0.190. The molecule has 10 heteroatoms. The molecule has 0 atom stereocenters. The summed E-state index contributed by atoms with van der Waals surface area (Å²) < 4.78 is 10.8. The number of nitrogens with zero attached hydrogens (tertiary/aromatic N) is 1. The number of aromatic nitrogens is 2. The summed E-state index contributed by atoms with van der Waals surface area (Å²) in [6.45, 7) is 2.39. The monoisotopic (exact) mass is 425 g/mol. The minimum atomic E-state index is -1.10. The molecule has 160 valence electrons. The first-order valence-electron chi connectivity index (χ1n) is 9.45. The highest BCUT2D eigenvalue weighted by atomic mass is 16.6. The number of rotatable bonds is 8. The van der Waals surface area contributed by atoms with Gasteiger partial charge in [-0.25, -0.2) is 9.59 Å². The van der Waals surface area contributed by atoms with Crippen molar-refractivity contribution in [2.75, 3.05) is 6.61 Å². The van der Waals surface area contributed by atoms with Gasteiger partial charge in [0.05, 0.1) is 17.1 Å². The number of nitro groups is 1. The van der Waals surface area contributed by atoms with Crippen molar-refractivity contribution in [2.24, 2.45) is 0 Å². The van der Waals surface area contributed by atoms with Gasteiger partial charge in [-0.2, -0.15) is 0 Å². The molecule has 0 aliphatic heterocycles. The second-order valence-corrected chi connectivity index (χ2v) is 6.53. The Hall–Kier alpha value is -4.21. The van der Waals surface area contributed by atoms with Gasteiger partial charge in [0.2, 0.25) is 0 Å². The number of benzene rings is 1. The van der Waals surface area contributed by atoms with E-state index in [1.807, 2.05) is 11.9 Å². The molecule has 2 aromatic heterocycles. The molecule has 0 fully saturated rings. The lowest BCUT2D eigenvalue weighted by molar-refractivity contribution is -0.386. The molecule has 1 aromatic carbocycles. The van der Waals surface area contributed by atoms with Gasteiger partial charge in [0.1, 0.15) is 17.2 Å². The fourth-order valence-corrected chi connectivity index (χ4v) is 2.73. The van der Waals surface area contributed by atoms with Crippen LogP contribution >= 0.6 is 0 Å². The van der Waals surface area contributed by atoms with E-state index < -0.39 is 27.8 Å². The van der Waals surface area contributed by atoms with Crippen LogP contribution in [-0.2, 0) is 4.74 Å². The molecule has 3 rings (SSSR count). The van der Waals surface area contributed by atoms with Crippen molar-refractivity contribution in [3.05, 3.63) is 84.4 Å². The van der Waals surface area contributed by atoms with Gasteiger partial charge in [0.15, 0.2) is 0 Å². The maximum Gasteiger partial charge on any atom is 0.357 e. The Morgan fingerprint density at radius 3 is 2.55 bits per heavy atom. The van der Waals surface area contributed by atoms with E-state index >= 15 is 0 Å². The van der Waals surface area contributed by atoms with Gasteiger partial charge in [-0.1, -0.05) is 25.5 Å². The molecule has 0 saturated heterocycles. The third-order valence-electron chi connectivity index (χ3n) is 4.31. The van der Waals surface area contributed by atoms with Gasteiger partial charge in [0.25, 0.3) is 0 Å². The summed E-state index contributed by atoms with van der Waals surface area (Å²) in [7, 11) is 0. The lowest BCUT2D eigenvalue weighted by Gasteiger charge is -2.04. The minimum Gasteiger partial charge on any atom is -0.462 e. The normalized spacial score (nSPS) is 11.0. The number of hydrogen-bond acceptors (Lipinski definition) is 7. The molecule has 0 saturated carbocycles. The van der Waals surface area contributed by atoms with Crippen LogP contribution in [-0.4, -0.2) is 27.5 Å². The van der Waals surface area contributed by atoms with Crippen molar-refractivity contribution in [2.45, 2.75) is 19.8 Å². The molecule has 31 heavy (non-hydrogen) atoms. The summed E-state index contributed by atoms with van der Waals surface area (Å²) in [5, 5.41) is 11.1. The van der Waals surface area contributed by atoms with Crippen molar-refractivity contribution in [3.63, 3.8) is 0 Å². The van der Waals surface area contributed by atoms with Crippen LogP contribution in [0.25, 0.3) is 23.5 Å². The summed E-state index contributed by atoms with van der Waals surface area (Å²) >= 11 is 0. The largest absolute Gasteiger partial charge is 0.462 e. The Labute approximate surface area is 175 Å². The first kappa shape index (κ1) is 21.5. The summed E-state index contributed by atoms with van der Waals surface area (Å²) in [6.07, 6.45) is 4.35. The highest BCUT2D eigenvalue weighted by Crippen LogP contribution is 2.24. The molecular formula is C21H19N3O7. The topological polar surface area (TPSA) is 148 Å². The summed E-state index contributed by atoms with van der Waals surface area (Å²) in [4.78, 5) is 49.2. The van der Waals surface area contributed by atoms with E-state index in [2.05, 4.69) is 4.98 Å². The molecule has 0 bridgehead atoms. The van der Waals surface area contributed by atoms with Crippen molar-refractivity contribution in [3.8, 4) is 11.3 Å². The quantitative estimate of drug-likeness (QED) is 0.243. The lowest BCUT2D eigenvalue weighted by atomic mass is 10.1. The average Bonchev–Trinajstić information content (AvgIpc) is 3.20. The Balaban J connectivity index is 1.77. The van der Waals surface area contributed by atoms with Crippen LogP contribution in [0.2, 0.25) is 0 Å². The van der Waals surface area contributed by atoms with E-state index in [0.29, 0.717) is 29.3 Å². The minimum absolute atomic E-state index is 0.248. The number of ether oxygens (including phenoxy) is 1. The number of esters is 1. The molecule has 10 nitrogen and oxygen atoms in total. The Morgan fingerprint density at radius 1 is 1.13 bits per heavy atom. The standard InChI is InChI=1S/C21H19N3O7/c1-2-3-12-30-20(26)14-6-4-13(5-7-14)17-11-9-15(31-17)8-10-16-18(24(28)29)19(25)23-21(27)22-16/h4-11H,2-3,12H2,1H3,(H2,22,23,25,27)/b10-8-. The van der Waals surface area contributed by atoms with Crippen LogP contribution in [0.15, 0.2) is 50.4 Å². The molecule has 0 amide bonds. The molecule has 0 aliphatic rings. The first-order chi connectivity index (χ1) is 14.9. The molecule has 2 N–H and O–H groups in total. The number of nitrogens with one attached hydrogen (secondary N) is 2. The van der Waals surface area contributed by atoms with E-state index in [9.17, 15) is 24.5 Å². The number of unbranched alkanes of at least 4 members (excludes halogenated alkanes) is 1. The number of carbonyl (C=O) groups is 1. The third kappa shape index (κ3) is 5.24. The smallest absolute Gasteiger partial charge is 0.357 e. The summed E-state index contributed by atoms with van der Waals surface area (Å²) in [5.41, 5.74) is -1.84. The number of carbonyl (C=O) groups excluding carboxylic acids is 1. The van der Waals surface area contributed by atoms with E-state index in [1.165, 1.54) is 12.2 Å². The van der Waals surface area contributed by atoms with Crippen LogP contribution < -0.4 is 11.2 Å². The van der Waals surface area contributed by atoms with Gasteiger partial charge in [0, 0.05) is 5.56 Å². The highest BCUT2D eigenvalue weighted by Gasteiger charge is 2.19. The number of hydrogen-bond donors (Lipinski definition) is 2. The lowest BCUT2D eigenvalue weighted by Crippen LogP contribution is -2.25. The van der Waals surface area contributed by atoms with Crippen LogP contribution in [0.3, 0.4) is 0 Å². The van der Waals surface area contributed by atoms with Gasteiger partial charge < -0.3 is 14.1 Å². The highest BCUT2D eigenvalue weighted by molar-refractivity contribution is 5.90. The summed E-state index contributed by atoms with van der Waals surface area (Å²) in [5.74, 6) is 0.449. The average molecular weight is 425 g/mol. The van der Waals surface area contributed by atoms with E-state index in [1.54, 1.807) is 36.4 Å². The van der Waals surface area contributed by atoms with Crippen LogP contribution in [0.1, 0.15) is 41.6 Å². The predicted molar refractivity (Wildman–Crippen MR) is 113 cm³/mol. The van der Waals surface area contributed by atoms with Crippen LogP contribution in [0.4, 0.5) is 5.69 Å². The SMILES string of the molecule is CCCCOC(=O)c1ccc(-c2ccc(/C=C\c3[nH]c(=O)[nH]c(=O)c3[N+](=O)[O-])o2)cc1. The van der Waals surface area contributed by atoms with Gasteiger partial charge >= 0.3 is 22.9 Å². The van der Waals surface area contributed by atoms with Crippen LogP contribution in [0, 0.1) is 10.1 Å². The predicted octanol–water partition coefficient (Wildman–Crippen LogP) is 3.36. The van der Waals surface area contributed by atoms with Crippen molar-refractivity contribution < 1.29 is 18.9 Å². The number of H-pyrrole nitrogens is 2. The zero-order chi connectivity index (χ0) is 22.4. The third-order valence-corrected chi connectivity index (χ3v) is 4.31. The zero-order valence-corrected chi connectivity index (χ0v) is 16.5. The van der Waals surface area contributed by atoms with E-state index in [0.717, 1.165) is 12.8 Å². The van der Waals surface area contributed by atoms with Gasteiger partial charge in [-0.3, -0.25) is 19.9 Å². The molecule has 0 unspecified atom stereocenters. The Morgan fingerprint density at radius 2 is 1.87 bits per heavy atom. The first-order valence-corrected chi connectivity index (χ1v) is 9.45. The van der Waals surface area contributed by atoms with Crippen molar-refractivity contribution in [1.82, 2.24) is 9.97 Å². The maximum atomic E-state index is 12.0.